The van der Waals surface area contributed by atoms with Gasteiger partial charge in [0.25, 0.3) is 0 Å². The summed E-state index contributed by atoms with van der Waals surface area (Å²) in [6, 6.07) is 9.32. The second kappa shape index (κ2) is 6.75. The monoisotopic (exact) mass is 388 g/mol. The van der Waals surface area contributed by atoms with Crippen LogP contribution < -0.4 is 9.47 Å². The van der Waals surface area contributed by atoms with Crippen LogP contribution in [0.25, 0.3) is 0 Å². The van der Waals surface area contributed by atoms with Gasteiger partial charge >= 0.3 is 5.97 Å². The van der Waals surface area contributed by atoms with Gasteiger partial charge in [-0.3, -0.25) is 4.79 Å². The third kappa shape index (κ3) is 3.91. The Balaban J connectivity index is 1.82. The van der Waals surface area contributed by atoms with Gasteiger partial charge in [0.05, 0.1) is 5.41 Å². The van der Waals surface area contributed by atoms with Gasteiger partial charge in [-0.2, -0.15) is 0 Å². The van der Waals surface area contributed by atoms with E-state index in [2.05, 4.69) is 13.8 Å². The molecule has 0 unspecified atom stereocenters. The predicted molar refractivity (Wildman–Crippen MR) is 106 cm³/mol. The summed E-state index contributed by atoms with van der Waals surface area (Å²) >= 11 is 6.27. The molecule has 0 saturated heterocycles. The topological polar surface area (TPSA) is 55.8 Å². The molecule has 4 nitrogen and oxygen atoms in total. The van der Waals surface area contributed by atoms with E-state index in [0.29, 0.717) is 17.4 Å². The zero-order valence-corrected chi connectivity index (χ0v) is 17.1. The van der Waals surface area contributed by atoms with E-state index in [-0.39, 0.29) is 5.60 Å². The maximum Gasteiger partial charge on any atom is 0.313 e. The molecule has 0 spiro atoms. The van der Waals surface area contributed by atoms with Gasteiger partial charge in [-0.15, -0.1) is 0 Å². The van der Waals surface area contributed by atoms with E-state index in [1.165, 1.54) is 0 Å². The van der Waals surface area contributed by atoms with E-state index in [4.69, 9.17) is 21.1 Å². The largest absolute Gasteiger partial charge is 0.488 e. The number of carboxylic acid groups (broad SMARTS) is 1. The van der Waals surface area contributed by atoms with Gasteiger partial charge in [-0.1, -0.05) is 23.7 Å². The van der Waals surface area contributed by atoms with Gasteiger partial charge in [0, 0.05) is 17.0 Å². The number of ether oxygens (including phenoxy) is 2. The Morgan fingerprint density at radius 1 is 1.30 bits per heavy atom. The fourth-order valence-electron chi connectivity index (χ4n) is 3.33. The highest BCUT2D eigenvalue weighted by molar-refractivity contribution is 6.30. The number of hydrogen-bond donors (Lipinski definition) is 1. The normalized spacial score (nSPS) is 15.2. The number of aryl methyl sites for hydroxylation is 1. The number of hydrogen-bond acceptors (Lipinski definition) is 3. The summed E-state index contributed by atoms with van der Waals surface area (Å²) in [5.41, 5.74) is 2.45. The van der Waals surface area contributed by atoms with Crippen LogP contribution in [-0.4, -0.2) is 16.7 Å². The van der Waals surface area contributed by atoms with E-state index in [9.17, 15) is 9.90 Å². The van der Waals surface area contributed by atoms with Gasteiger partial charge < -0.3 is 14.6 Å². The molecule has 0 fully saturated rings. The van der Waals surface area contributed by atoms with Crippen LogP contribution in [0.1, 0.15) is 49.9 Å². The Morgan fingerprint density at radius 3 is 2.63 bits per heavy atom. The molecule has 1 N–H and O–H groups in total. The van der Waals surface area contributed by atoms with Crippen molar-refractivity contribution in [2.45, 2.75) is 58.7 Å². The fraction of sp³-hybridized carbons (Fsp3) is 0.409. The summed E-state index contributed by atoms with van der Waals surface area (Å²) in [7, 11) is 0. The predicted octanol–water partition coefficient (Wildman–Crippen LogP) is 5.30. The summed E-state index contributed by atoms with van der Waals surface area (Å²) in [5.74, 6) is 0.710. The van der Waals surface area contributed by atoms with Crippen molar-refractivity contribution in [3.05, 3.63) is 57.6 Å². The van der Waals surface area contributed by atoms with Crippen molar-refractivity contribution in [2.24, 2.45) is 0 Å². The molecule has 0 radical (unpaired) electrons. The summed E-state index contributed by atoms with van der Waals surface area (Å²) < 4.78 is 12.1. The van der Waals surface area contributed by atoms with Crippen molar-refractivity contribution >= 4 is 17.6 Å². The average molecular weight is 389 g/mol. The van der Waals surface area contributed by atoms with Crippen molar-refractivity contribution in [3.63, 3.8) is 0 Å². The number of carbonyl (C=O) groups is 1. The van der Waals surface area contributed by atoms with Crippen molar-refractivity contribution in [1.29, 1.82) is 0 Å². The molecule has 27 heavy (non-hydrogen) atoms. The van der Waals surface area contributed by atoms with Gasteiger partial charge in [0.2, 0.25) is 0 Å². The fourth-order valence-corrected chi connectivity index (χ4v) is 3.60. The number of benzene rings is 2. The third-order valence-corrected chi connectivity index (χ3v) is 5.23. The lowest BCUT2D eigenvalue weighted by Gasteiger charge is -2.21. The Bertz CT molecular complexity index is 899. The SMILES string of the molecule is Cc1cc(C(C)(C)C(=O)O)ccc1OCc1cc(Cl)cc2c1OC(C)(C)C2. The average Bonchev–Trinajstić information content (AvgIpc) is 2.87. The van der Waals surface area contributed by atoms with Crippen molar-refractivity contribution in [3.8, 4) is 11.5 Å². The van der Waals surface area contributed by atoms with Gasteiger partial charge in [-0.05, 0) is 69.5 Å². The zero-order valence-electron chi connectivity index (χ0n) is 16.4. The highest BCUT2D eigenvalue weighted by atomic mass is 35.5. The first-order chi connectivity index (χ1) is 12.5. The first-order valence-corrected chi connectivity index (χ1v) is 9.35. The molecule has 2 aromatic carbocycles. The Hall–Kier alpha value is -2.20. The molecule has 1 aliphatic heterocycles. The summed E-state index contributed by atoms with van der Waals surface area (Å²) in [6.07, 6.45) is 0.813. The van der Waals surface area contributed by atoms with Crippen LogP contribution in [0.4, 0.5) is 0 Å². The Morgan fingerprint density at radius 2 is 2.00 bits per heavy atom. The molecular formula is C22H25ClO4. The molecular weight excluding hydrogens is 364 g/mol. The highest BCUT2D eigenvalue weighted by Gasteiger charge is 2.32. The second-order valence-corrected chi connectivity index (χ2v) is 8.73. The van der Waals surface area contributed by atoms with Crippen LogP contribution in [0.2, 0.25) is 5.02 Å². The first-order valence-electron chi connectivity index (χ1n) is 8.97. The minimum Gasteiger partial charge on any atom is -0.488 e. The lowest BCUT2D eigenvalue weighted by Crippen LogP contribution is -2.28. The van der Waals surface area contributed by atoms with Gasteiger partial charge in [0.15, 0.2) is 0 Å². The molecule has 0 aliphatic carbocycles. The smallest absolute Gasteiger partial charge is 0.313 e. The maximum absolute atomic E-state index is 11.5. The lowest BCUT2D eigenvalue weighted by atomic mass is 9.84. The molecule has 0 amide bonds. The van der Waals surface area contributed by atoms with Crippen molar-refractivity contribution in [1.82, 2.24) is 0 Å². The maximum atomic E-state index is 11.5. The Kier molecular flexibility index (Phi) is 4.89. The molecule has 2 aromatic rings. The molecule has 0 atom stereocenters. The molecule has 0 aromatic heterocycles. The zero-order chi connectivity index (χ0) is 20.0. The third-order valence-electron chi connectivity index (χ3n) is 5.02. The van der Waals surface area contributed by atoms with E-state index in [1.807, 2.05) is 31.2 Å². The van der Waals surface area contributed by atoms with Crippen LogP contribution in [0.3, 0.4) is 0 Å². The quantitative estimate of drug-likeness (QED) is 0.754. The number of carboxylic acids is 1. The Labute approximate surface area is 165 Å². The molecule has 1 aliphatic rings. The molecule has 0 saturated carbocycles. The number of rotatable bonds is 5. The van der Waals surface area contributed by atoms with Gasteiger partial charge in [-0.25, -0.2) is 0 Å². The van der Waals surface area contributed by atoms with Crippen LogP contribution in [0.15, 0.2) is 30.3 Å². The highest BCUT2D eigenvalue weighted by Crippen LogP contribution is 2.40. The van der Waals surface area contributed by atoms with E-state index < -0.39 is 11.4 Å². The van der Waals surface area contributed by atoms with Crippen LogP contribution in [0, 0.1) is 6.92 Å². The van der Waals surface area contributed by atoms with E-state index in [1.54, 1.807) is 19.9 Å². The molecule has 3 rings (SSSR count). The van der Waals surface area contributed by atoms with Crippen LogP contribution >= 0.6 is 11.6 Å². The van der Waals surface area contributed by atoms with Crippen molar-refractivity contribution < 1.29 is 19.4 Å². The standard InChI is InChI=1S/C22H25ClO4/c1-13-8-16(22(4,5)20(24)25)6-7-18(13)26-12-15-10-17(23)9-14-11-21(2,3)27-19(14)15/h6-10H,11-12H2,1-5H3,(H,24,25). The molecule has 144 valence electrons. The molecule has 1 heterocycles. The summed E-state index contributed by atoms with van der Waals surface area (Å²) in [5, 5.41) is 10.1. The second-order valence-electron chi connectivity index (χ2n) is 8.29. The number of aliphatic carboxylic acids is 1. The van der Waals surface area contributed by atoms with Crippen molar-refractivity contribution in [2.75, 3.05) is 0 Å². The lowest BCUT2D eigenvalue weighted by molar-refractivity contribution is -0.142. The van der Waals surface area contributed by atoms with Gasteiger partial charge in [0.1, 0.15) is 23.7 Å². The number of fused-ring (bicyclic) bond motifs is 1. The minimum atomic E-state index is -0.948. The summed E-state index contributed by atoms with van der Waals surface area (Å²) in [6.45, 7) is 9.75. The number of halogens is 1. The molecule has 5 heteroatoms. The summed E-state index contributed by atoms with van der Waals surface area (Å²) in [4.78, 5) is 11.5. The van der Waals surface area contributed by atoms with Crippen LogP contribution in [-0.2, 0) is 23.2 Å². The first kappa shape index (κ1) is 19.6. The van der Waals surface area contributed by atoms with Crippen LogP contribution in [0.5, 0.6) is 11.5 Å². The minimum absolute atomic E-state index is 0.248. The molecule has 0 bridgehead atoms. The van der Waals surface area contributed by atoms with E-state index >= 15 is 0 Å². The van der Waals surface area contributed by atoms with E-state index in [0.717, 1.165) is 34.4 Å².